The maximum atomic E-state index is 12.5. The standard InChI is InChI=1S/C20H31F3N2S/c1-2-3-4-5-6-7-8-9-10-11-16-24-19(26)25-18-14-12-17(13-15-18)20(21,22)23/h12-15H,2-11,16H2,1H3,(H2,24,25,26). The molecule has 26 heavy (non-hydrogen) atoms. The smallest absolute Gasteiger partial charge is 0.362 e. The Morgan fingerprint density at radius 1 is 0.846 bits per heavy atom. The minimum absolute atomic E-state index is 0.445. The summed E-state index contributed by atoms with van der Waals surface area (Å²) in [5, 5.41) is 6.45. The monoisotopic (exact) mass is 388 g/mol. The highest BCUT2D eigenvalue weighted by molar-refractivity contribution is 7.80. The van der Waals surface area contributed by atoms with E-state index in [1.54, 1.807) is 0 Å². The largest absolute Gasteiger partial charge is 0.416 e. The second kappa shape index (κ2) is 13.0. The molecule has 2 N–H and O–H groups in total. The number of unbranched alkanes of at least 4 members (excludes halogenated alkanes) is 9. The van der Waals surface area contributed by atoms with Crippen LogP contribution in [-0.2, 0) is 6.18 Å². The van der Waals surface area contributed by atoms with Crippen LogP contribution in [-0.4, -0.2) is 11.7 Å². The number of anilines is 1. The summed E-state index contributed by atoms with van der Waals surface area (Å²) in [5.41, 5.74) is -0.106. The summed E-state index contributed by atoms with van der Waals surface area (Å²) >= 11 is 5.17. The fraction of sp³-hybridized carbons (Fsp3) is 0.650. The normalized spacial score (nSPS) is 11.4. The summed E-state index contributed by atoms with van der Waals surface area (Å²) in [6, 6.07) is 4.87. The molecule has 1 aromatic carbocycles. The number of nitrogens with one attached hydrogen (secondary N) is 2. The molecule has 0 fully saturated rings. The molecule has 2 nitrogen and oxygen atoms in total. The Morgan fingerprint density at radius 3 is 1.85 bits per heavy atom. The van der Waals surface area contributed by atoms with Gasteiger partial charge in [-0.25, -0.2) is 0 Å². The molecule has 0 aromatic heterocycles. The van der Waals surface area contributed by atoms with Crippen molar-refractivity contribution < 1.29 is 13.2 Å². The van der Waals surface area contributed by atoms with Gasteiger partial charge in [-0.3, -0.25) is 0 Å². The first-order chi connectivity index (χ1) is 12.4. The SMILES string of the molecule is CCCCCCCCCCCCNC(=S)Nc1ccc(C(F)(F)F)cc1. The highest BCUT2D eigenvalue weighted by atomic mass is 32.1. The molecule has 1 aromatic rings. The van der Waals surface area contributed by atoms with Gasteiger partial charge in [0.2, 0.25) is 0 Å². The van der Waals surface area contributed by atoms with Gasteiger partial charge >= 0.3 is 6.18 Å². The predicted octanol–water partition coefficient (Wildman–Crippen LogP) is 6.91. The maximum absolute atomic E-state index is 12.5. The van der Waals surface area contributed by atoms with Crippen LogP contribution < -0.4 is 10.6 Å². The predicted molar refractivity (Wildman–Crippen MR) is 108 cm³/mol. The van der Waals surface area contributed by atoms with Crippen LogP contribution in [0.1, 0.15) is 76.7 Å². The molecular formula is C20H31F3N2S. The third-order valence-corrected chi connectivity index (χ3v) is 4.53. The molecule has 0 bridgehead atoms. The zero-order valence-electron chi connectivity index (χ0n) is 15.6. The van der Waals surface area contributed by atoms with Gasteiger partial charge in [-0.15, -0.1) is 0 Å². The van der Waals surface area contributed by atoms with Crippen LogP contribution >= 0.6 is 12.2 Å². The molecule has 0 unspecified atom stereocenters. The summed E-state index contributed by atoms with van der Waals surface area (Å²) in [6.07, 6.45) is 8.49. The maximum Gasteiger partial charge on any atom is 0.416 e. The van der Waals surface area contributed by atoms with Gasteiger partial charge < -0.3 is 10.6 Å². The molecule has 148 valence electrons. The minimum Gasteiger partial charge on any atom is -0.362 e. The van der Waals surface area contributed by atoms with Gasteiger partial charge in [0.25, 0.3) is 0 Å². The minimum atomic E-state index is -4.31. The van der Waals surface area contributed by atoms with Gasteiger partial charge in [0.1, 0.15) is 0 Å². The summed E-state index contributed by atoms with van der Waals surface area (Å²) in [6.45, 7) is 3.02. The van der Waals surface area contributed by atoms with E-state index >= 15 is 0 Å². The molecule has 0 spiro atoms. The molecule has 6 heteroatoms. The van der Waals surface area contributed by atoms with Crippen molar-refractivity contribution in [2.45, 2.75) is 77.3 Å². The van der Waals surface area contributed by atoms with E-state index in [9.17, 15) is 13.2 Å². The lowest BCUT2D eigenvalue weighted by molar-refractivity contribution is -0.137. The molecule has 0 amide bonds. The number of thiocarbonyl (C=S) groups is 1. The van der Waals surface area contributed by atoms with Gasteiger partial charge in [-0.2, -0.15) is 13.2 Å². The molecular weight excluding hydrogens is 357 g/mol. The van der Waals surface area contributed by atoms with Crippen LogP contribution in [0.2, 0.25) is 0 Å². The Labute approximate surface area is 160 Å². The fourth-order valence-electron chi connectivity index (χ4n) is 2.73. The first-order valence-corrected chi connectivity index (χ1v) is 10.1. The highest BCUT2D eigenvalue weighted by Crippen LogP contribution is 2.29. The van der Waals surface area contributed by atoms with E-state index in [0.717, 1.165) is 25.1 Å². The fourth-order valence-corrected chi connectivity index (χ4v) is 2.95. The zero-order valence-corrected chi connectivity index (χ0v) is 16.4. The molecule has 0 aliphatic rings. The van der Waals surface area contributed by atoms with Crippen LogP contribution in [0.5, 0.6) is 0 Å². The summed E-state index contributed by atoms with van der Waals surface area (Å²) in [5.74, 6) is 0. The Bertz CT molecular complexity index is 501. The number of rotatable bonds is 12. The van der Waals surface area contributed by atoms with E-state index in [-0.39, 0.29) is 0 Å². The van der Waals surface area contributed by atoms with Gasteiger partial charge in [0, 0.05) is 12.2 Å². The van der Waals surface area contributed by atoms with Crippen LogP contribution in [0.4, 0.5) is 18.9 Å². The molecule has 0 saturated carbocycles. The molecule has 0 aliphatic heterocycles. The second-order valence-corrected chi connectivity index (χ2v) is 7.05. The number of halogens is 3. The summed E-state index contributed by atoms with van der Waals surface area (Å²) < 4.78 is 37.5. The third kappa shape index (κ3) is 10.6. The third-order valence-electron chi connectivity index (χ3n) is 4.29. The van der Waals surface area contributed by atoms with E-state index in [1.165, 1.54) is 69.9 Å². The van der Waals surface area contributed by atoms with Crippen molar-refractivity contribution in [2.75, 3.05) is 11.9 Å². The van der Waals surface area contributed by atoms with E-state index in [4.69, 9.17) is 12.2 Å². The van der Waals surface area contributed by atoms with Crippen molar-refractivity contribution in [3.05, 3.63) is 29.8 Å². The van der Waals surface area contributed by atoms with E-state index in [2.05, 4.69) is 17.6 Å². The van der Waals surface area contributed by atoms with E-state index in [0.29, 0.717) is 10.8 Å². The highest BCUT2D eigenvalue weighted by Gasteiger charge is 2.29. The summed E-state index contributed by atoms with van der Waals surface area (Å²) in [7, 11) is 0. The molecule has 0 radical (unpaired) electrons. The lowest BCUT2D eigenvalue weighted by Crippen LogP contribution is -2.29. The summed E-state index contributed by atoms with van der Waals surface area (Å²) in [4.78, 5) is 0. The average molecular weight is 389 g/mol. The van der Waals surface area contributed by atoms with Crippen molar-refractivity contribution in [1.82, 2.24) is 5.32 Å². The van der Waals surface area contributed by atoms with Gasteiger partial charge in [0.15, 0.2) is 5.11 Å². The first-order valence-electron chi connectivity index (χ1n) is 9.65. The first kappa shape index (κ1) is 22.7. The Hall–Kier alpha value is -1.30. The second-order valence-electron chi connectivity index (χ2n) is 6.64. The average Bonchev–Trinajstić information content (AvgIpc) is 2.59. The number of hydrogen-bond acceptors (Lipinski definition) is 1. The van der Waals surface area contributed by atoms with Gasteiger partial charge in [-0.1, -0.05) is 64.7 Å². The number of hydrogen-bond donors (Lipinski definition) is 2. The molecule has 0 aliphatic carbocycles. The molecule has 1 rings (SSSR count). The Morgan fingerprint density at radius 2 is 1.35 bits per heavy atom. The lowest BCUT2D eigenvalue weighted by Gasteiger charge is -2.12. The topological polar surface area (TPSA) is 24.1 Å². The van der Waals surface area contributed by atoms with Gasteiger partial charge in [-0.05, 0) is 42.9 Å². The number of benzene rings is 1. The van der Waals surface area contributed by atoms with Crippen molar-refractivity contribution in [3.8, 4) is 0 Å². The van der Waals surface area contributed by atoms with Crippen molar-refractivity contribution >= 4 is 23.0 Å². The van der Waals surface area contributed by atoms with E-state index in [1.807, 2.05) is 0 Å². The van der Waals surface area contributed by atoms with Crippen LogP contribution in [0.3, 0.4) is 0 Å². The molecule has 0 heterocycles. The Kier molecular flexibility index (Phi) is 11.3. The van der Waals surface area contributed by atoms with Crippen LogP contribution in [0.15, 0.2) is 24.3 Å². The van der Waals surface area contributed by atoms with Crippen molar-refractivity contribution in [2.24, 2.45) is 0 Å². The number of alkyl halides is 3. The molecule has 0 atom stereocenters. The quantitative estimate of drug-likeness (QED) is 0.300. The lowest BCUT2D eigenvalue weighted by atomic mass is 10.1. The molecule has 0 saturated heterocycles. The van der Waals surface area contributed by atoms with Gasteiger partial charge in [0.05, 0.1) is 5.56 Å². The van der Waals surface area contributed by atoms with Crippen molar-refractivity contribution in [1.29, 1.82) is 0 Å². The van der Waals surface area contributed by atoms with Crippen LogP contribution in [0, 0.1) is 0 Å². The van der Waals surface area contributed by atoms with Crippen LogP contribution in [0.25, 0.3) is 0 Å². The van der Waals surface area contributed by atoms with Crippen molar-refractivity contribution in [3.63, 3.8) is 0 Å². The van der Waals surface area contributed by atoms with E-state index < -0.39 is 11.7 Å². The Balaban J connectivity index is 2.03. The zero-order chi connectivity index (χ0) is 19.3.